The molecule has 1 aromatic carbocycles. The highest BCUT2D eigenvalue weighted by atomic mass is 35.5. The third-order valence-corrected chi connectivity index (χ3v) is 5.00. The van der Waals surface area contributed by atoms with E-state index >= 15 is 0 Å². The maximum Gasteiger partial charge on any atom is 0.431 e. The molecule has 2 amide bonds. The quantitative estimate of drug-likeness (QED) is 0.703. The van der Waals surface area contributed by atoms with Crippen molar-refractivity contribution in [1.82, 2.24) is 9.88 Å². The Hall–Kier alpha value is -2.75. The first-order chi connectivity index (χ1) is 13.5. The van der Waals surface area contributed by atoms with Gasteiger partial charge in [-0.05, 0) is 36.6 Å². The van der Waals surface area contributed by atoms with E-state index in [0.717, 1.165) is 30.9 Å². The normalized spacial score (nSPS) is 15.8. The topological polar surface area (TPSA) is 72.4 Å². The molecule has 0 spiro atoms. The van der Waals surface area contributed by atoms with Crippen LogP contribution in [0.3, 0.4) is 0 Å². The molecule has 6 nitrogen and oxygen atoms in total. The summed E-state index contributed by atoms with van der Waals surface area (Å²) in [5.41, 5.74) is -1.05. The molecule has 1 aliphatic carbocycles. The lowest BCUT2D eigenvalue weighted by Gasteiger charge is -2.17. The molecule has 1 atom stereocenters. The number of aromatic nitrogens is 1. The Labute approximate surface area is 167 Å². The molecule has 1 unspecified atom stereocenters. The van der Waals surface area contributed by atoms with Crippen molar-refractivity contribution in [2.45, 2.75) is 25.1 Å². The van der Waals surface area contributed by atoms with E-state index in [1.54, 1.807) is 0 Å². The molecule has 2 N–H and O–H groups in total. The molecule has 0 aliphatic heterocycles. The smallest absolute Gasteiger partial charge is 0.431 e. The predicted octanol–water partition coefficient (Wildman–Crippen LogP) is 4.43. The van der Waals surface area contributed by atoms with Crippen LogP contribution >= 0.6 is 11.6 Å². The molecule has 1 heterocycles. The number of nitrogens with zero attached hydrogens (tertiary/aromatic N) is 1. The summed E-state index contributed by atoms with van der Waals surface area (Å²) in [4.78, 5) is 24.3. The molecule has 0 bridgehead atoms. The SMILES string of the molecule is COC(=O)NC1CCc2c1c(C(F)(F)F)n(C)c2C(=O)Nc1ccc(F)c(Cl)c1. The molecular weight excluding hydrogens is 418 g/mol. The van der Waals surface area contributed by atoms with Crippen molar-refractivity contribution in [1.29, 1.82) is 0 Å². The highest BCUT2D eigenvalue weighted by Crippen LogP contribution is 2.44. The fourth-order valence-corrected chi connectivity index (χ4v) is 3.75. The number of benzene rings is 1. The van der Waals surface area contributed by atoms with Crippen LogP contribution in [0.5, 0.6) is 0 Å². The van der Waals surface area contributed by atoms with Crippen molar-refractivity contribution in [3.63, 3.8) is 0 Å². The van der Waals surface area contributed by atoms with E-state index in [2.05, 4.69) is 15.4 Å². The molecule has 2 aromatic rings. The van der Waals surface area contributed by atoms with Crippen LogP contribution in [0.15, 0.2) is 18.2 Å². The van der Waals surface area contributed by atoms with E-state index in [-0.39, 0.29) is 40.4 Å². The number of methoxy groups -OCH3 is 1. The van der Waals surface area contributed by atoms with Gasteiger partial charge in [0, 0.05) is 18.3 Å². The van der Waals surface area contributed by atoms with Crippen molar-refractivity contribution in [3.8, 4) is 0 Å². The number of nitrogens with one attached hydrogen (secondary N) is 2. The maximum absolute atomic E-state index is 13.7. The average molecular weight is 434 g/mol. The van der Waals surface area contributed by atoms with Gasteiger partial charge in [0.2, 0.25) is 0 Å². The summed E-state index contributed by atoms with van der Waals surface area (Å²) in [6.45, 7) is 0. The van der Waals surface area contributed by atoms with Gasteiger partial charge in [0.05, 0.1) is 18.2 Å². The summed E-state index contributed by atoms with van der Waals surface area (Å²) >= 11 is 5.68. The number of hydrogen-bond donors (Lipinski definition) is 2. The number of carbonyl (C=O) groups excluding carboxylic acids is 2. The lowest BCUT2D eigenvalue weighted by atomic mass is 10.1. The molecule has 0 saturated heterocycles. The minimum Gasteiger partial charge on any atom is -0.453 e. The first kappa shape index (κ1) is 21.0. The van der Waals surface area contributed by atoms with Crippen LogP contribution in [0.4, 0.5) is 28.0 Å². The van der Waals surface area contributed by atoms with E-state index in [9.17, 15) is 27.2 Å². The van der Waals surface area contributed by atoms with Crippen LogP contribution in [0.1, 0.15) is 39.8 Å². The van der Waals surface area contributed by atoms with Crippen LogP contribution in [0.25, 0.3) is 0 Å². The molecule has 3 rings (SSSR count). The first-order valence-electron chi connectivity index (χ1n) is 8.44. The monoisotopic (exact) mass is 433 g/mol. The number of rotatable bonds is 3. The molecule has 11 heteroatoms. The van der Waals surface area contributed by atoms with Gasteiger partial charge >= 0.3 is 12.3 Å². The minimum absolute atomic E-state index is 0.132. The summed E-state index contributed by atoms with van der Waals surface area (Å²) in [7, 11) is 2.23. The summed E-state index contributed by atoms with van der Waals surface area (Å²) in [6.07, 6.45) is -5.28. The molecule has 1 aliphatic rings. The van der Waals surface area contributed by atoms with Crippen molar-refractivity contribution in [2.75, 3.05) is 12.4 Å². The molecular formula is C18H16ClF4N3O3. The van der Waals surface area contributed by atoms with Gasteiger partial charge in [-0.1, -0.05) is 11.6 Å². The largest absolute Gasteiger partial charge is 0.453 e. The second-order valence-electron chi connectivity index (χ2n) is 6.46. The highest BCUT2D eigenvalue weighted by Gasteiger charge is 2.45. The van der Waals surface area contributed by atoms with Crippen LogP contribution in [-0.4, -0.2) is 23.7 Å². The van der Waals surface area contributed by atoms with Crippen molar-refractivity contribution in [3.05, 3.63) is 51.6 Å². The zero-order valence-electron chi connectivity index (χ0n) is 15.3. The third kappa shape index (κ3) is 3.89. The van der Waals surface area contributed by atoms with Gasteiger partial charge in [-0.25, -0.2) is 9.18 Å². The molecule has 0 saturated carbocycles. The first-order valence-corrected chi connectivity index (χ1v) is 8.82. The van der Waals surface area contributed by atoms with Crippen LogP contribution in [-0.2, 0) is 24.4 Å². The molecule has 156 valence electrons. The van der Waals surface area contributed by atoms with Crippen LogP contribution in [0.2, 0.25) is 5.02 Å². The van der Waals surface area contributed by atoms with Crippen LogP contribution in [0, 0.1) is 5.82 Å². The zero-order chi connectivity index (χ0) is 21.5. The fraction of sp³-hybridized carbons (Fsp3) is 0.333. The summed E-state index contributed by atoms with van der Waals surface area (Å²) < 4.78 is 59.8. The molecule has 0 radical (unpaired) electrons. The standard InChI is InChI=1S/C18H16ClF4N3O3/c1-26-14(16(27)24-8-3-5-11(20)10(19)7-8)9-4-6-12(25-17(28)29-2)13(9)15(26)18(21,22)23/h3,5,7,12H,4,6H2,1-2H3,(H,24,27)(H,25,28). The number of anilines is 1. The van der Waals surface area contributed by atoms with Gasteiger partial charge in [-0.3, -0.25) is 4.79 Å². The highest BCUT2D eigenvalue weighted by molar-refractivity contribution is 6.31. The van der Waals surface area contributed by atoms with Crippen molar-refractivity contribution < 1.29 is 31.9 Å². The zero-order valence-corrected chi connectivity index (χ0v) is 16.0. The summed E-state index contributed by atoms with van der Waals surface area (Å²) in [5, 5.41) is 4.58. The number of fused-ring (bicyclic) bond motifs is 1. The van der Waals surface area contributed by atoms with Gasteiger partial charge in [0.15, 0.2) is 0 Å². The second-order valence-corrected chi connectivity index (χ2v) is 6.86. The lowest BCUT2D eigenvalue weighted by molar-refractivity contribution is -0.143. The third-order valence-electron chi connectivity index (χ3n) is 4.71. The lowest BCUT2D eigenvalue weighted by Crippen LogP contribution is -2.28. The van der Waals surface area contributed by atoms with E-state index in [0.29, 0.717) is 0 Å². The molecule has 29 heavy (non-hydrogen) atoms. The summed E-state index contributed by atoms with van der Waals surface area (Å²) in [6, 6.07) is 2.49. The van der Waals surface area contributed by atoms with Gasteiger partial charge in [-0.15, -0.1) is 0 Å². The number of amides is 2. The summed E-state index contributed by atoms with van der Waals surface area (Å²) in [5.74, 6) is -1.50. The Morgan fingerprint density at radius 3 is 2.59 bits per heavy atom. The van der Waals surface area contributed by atoms with E-state index in [1.165, 1.54) is 6.07 Å². The Balaban J connectivity index is 2.04. The Kier molecular flexibility index (Phi) is 5.48. The number of carbonyl (C=O) groups is 2. The van der Waals surface area contributed by atoms with E-state index in [1.807, 2.05) is 0 Å². The minimum atomic E-state index is -4.75. The number of alkyl carbamates (subject to hydrolysis) is 1. The van der Waals surface area contributed by atoms with Gasteiger partial charge in [-0.2, -0.15) is 13.2 Å². The Bertz CT molecular complexity index is 988. The number of ether oxygens (including phenoxy) is 1. The van der Waals surface area contributed by atoms with E-state index < -0.39 is 35.7 Å². The Morgan fingerprint density at radius 1 is 1.31 bits per heavy atom. The fourth-order valence-electron chi connectivity index (χ4n) is 3.57. The number of hydrogen-bond acceptors (Lipinski definition) is 3. The van der Waals surface area contributed by atoms with Crippen molar-refractivity contribution >= 4 is 29.3 Å². The maximum atomic E-state index is 13.7. The van der Waals surface area contributed by atoms with E-state index in [4.69, 9.17) is 11.6 Å². The van der Waals surface area contributed by atoms with Gasteiger partial charge in [0.1, 0.15) is 17.2 Å². The molecule has 1 aromatic heterocycles. The molecule has 0 fully saturated rings. The van der Waals surface area contributed by atoms with Crippen LogP contribution < -0.4 is 10.6 Å². The van der Waals surface area contributed by atoms with Gasteiger partial charge in [0.25, 0.3) is 5.91 Å². The predicted molar refractivity (Wildman–Crippen MR) is 96.4 cm³/mol. The van der Waals surface area contributed by atoms with Gasteiger partial charge < -0.3 is 19.9 Å². The van der Waals surface area contributed by atoms with Crippen molar-refractivity contribution in [2.24, 2.45) is 7.05 Å². The Morgan fingerprint density at radius 2 is 2.00 bits per heavy atom. The average Bonchev–Trinajstić information content (AvgIpc) is 3.14. The second kappa shape index (κ2) is 7.58. The number of halogens is 5. The number of alkyl halides is 3.